The number of aryl methyl sites for hydroxylation is 2. The molecule has 0 unspecified atom stereocenters. The number of carbonyl (C=O) groups excluding carboxylic acids is 1. The van der Waals surface area contributed by atoms with Crippen LogP contribution in [0.4, 0.5) is 22.7 Å². The molecule has 3 aromatic heterocycles. The maximum Gasteiger partial charge on any atom is 0.419 e. The fourth-order valence-electron chi connectivity index (χ4n) is 3.35. The number of fused-ring (bicyclic) bond motifs is 1. The van der Waals surface area contributed by atoms with Crippen LogP contribution in [-0.4, -0.2) is 20.3 Å². The van der Waals surface area contributed by atoms with E-state index in [0.29, 0.717) is 17.0 Å². The maximum atomic E-state index is 13.8. The van der Waals surface area contributed by atoms with Crippen LogP contribution in [-0.2, 0) is 31.5 Å². The van der Waals surface area contributed by atoms with E-state index in [1.54, 1.807) is 18.8 Å². The number of nitrogens with zero attached hydrogens (tertiary/aromatic N) is 3. The van der Waals surface area contributed by atoms with Crippen molar-refractivity contribution >= 4 is 43.9 Å². The zero-order valence-corrected chi connectivity index (χ0v) is 18.6. The van der Waals surface area contributed by atoms with Crippen LogP contribution in [0.3, 0.4) is 0 Å². The largest absolute Gasteiger partial charge is 0.419 e. The molecule has 0 spiro atoms. The molecule has 12 heteroatoms. The van der Waals surface area contributed by atoms with E-state index in [2.05, 4.69) is 10.3 Å². The molecule has 0 aliphatic heterocycles. The summed E-state index contributed by atoms with van der Waals surface area (Å²) in [6.45, 7) is 1.84. The second-order valence-electron chi connectivity index (χ2n) is 7.12. The van der Waals surface area contributed by atoms with E-state index < -0.39 is 23.5 Å². The highest BCUT2D eigenvalue weighted by molar-refractivity contribution is 7.18. The molecule has 168 valence electrons. The summed E-state index contributed by atoms with van der Waals surface area (Å²) in [6, 6.07) is 2.55. The number of anilines is 1. The Balaban J connectivity index is 1.54. The van der Waals surface area contributed by atoms with Crippen molar-refractivity contribution in [2.75, 3.05) is 5.32 Å². The van der Waals surface area contributed by atoms with Crippen LogP contribution in [0.2, 0.25) is 0 Å². The van der Waals surface area contributed by atoms with Crippen molar-refractivity contribution in [2.24, 2.45) is 14.1 Å². The van der Waals surface area contributed by atoms with Gasteiger partial charge in [0.05, 0.1) is 23.1 Å². The Bertz CT molecular complexity index is 1410. The van der Waals surface area contributed by atoms with E-state index in [1.807, 2.05) is 6.92 Å². The first kappa shape index (κ1) is 22.2. The minimum Gasteiger partial charge on any atom is -0.302 e. The number of amides is 1. The first-order valence-electron chi connectivity index (χ1n) is 9.23. The quantitative estimate of drug-likeness (QED) is 0.427. The standard InChI is InChI=1S/C20H16F4N4O2S2/c1-9-11(16-17(30)27(2)28(3)18(16)32-9)7-15(29)26-19-25-14(8-31-19)10-4-5-12(13(21)6-10)20(22,23)24/h4-6,8H,7H2,1-3H3,(H,25,26,29). The first-order chi connectivity index (χ1) is 15.0. The second kappa shape index (κ2) is 7.85. The van der Waals surface area contributed by atoms with Crippen LogP contribution in [0, 0.1) is 12.7 Å². The molecule has 1 aromatic carbocycles. The van der Waals surface area contributed by atoms with Crippen molar-refractivity contribution < 1.29 is 22.4 Å². The number of benzene rings is 1. The van der Waals surface area contributed by atoms with Gasteiger partial charge in [0.15, 0.2) is 5.13 Å². The lowest BCUT2D eigenvalue weighted by atomic mass is 10.1. The molecule has 1 amide bonds. The maximum absolute atomic E-state index is 13.8. The van der Waals surface area contributed by atoms with Crippen LogP contribution in [0.1, 0.15) is 16.0 Å². The monoisotopic (exact) mass is 484 g/mol. The van der Waals surface area contributed by atoms with Gasteiger partial charge in [0.2, 0.25) is 5.91 Å². The molecule has 1 N–H and O–H groups in total. The molecule has 0 radical (unpaired) electrons. The summed E-state index contributed by atoms with van der Waals surface area (Å²) >= 11 is 2.49. The van der Waals surface area contributed by atoms with Crippen molar-refractivity contribution in [3.8, 4) is 11.3 Å². The van der Waals surface area contributed by atoms with Gasteiger partial charge in [0, 0.05) is 29.9 Å². The molecule has 32 heavy (non-hydrogen) atoms. The number of halogens is 4. The lowest BCUT2D eigenvalue weighted by Crippen LogP contribution is -2.19. The van der Waals surface area contributed by atoms with Gasteiger partial charge in [-0.15, -0.1) is 22.7 Å². The Kier molecular flexibility index (Phi) is 5.45. The van der Waals surface area contributed by atoms with Crippen molar-refractivity contribution in [3.05, 3.63) is 55.8 Å². The Morgan fingerprint density at radius 2 is 1.94 bits per heavy atom. The van der Waals surface area contributed by atoms with Crippen molar-refractivity contribution in [1.29, 1.82) is 0 Å². The number of carbonyl (C=O) groups is 1. The van der Waals surface area contributed by atoms with Gasteiger partial charge in [-0.25, -0.2) is 9.37 Å². The molecule has 6 nitrogen and oxygen atoms in total. The molecule has 0 saturated heterocycles. The molecule has 4 aromatic rings. The molecule has 4 rings (SSSR count). The average Bonchev–Trinajstić information content (AvgIpc) is 3.35. The van der Waals surface area contributed by atoms with Crippen LogP contribution in [0.25, 0.3) is 21.5 Å². The molecule has 0 bridgehead atoms. The minimum absolute atomic E-state index is 0.0328. The van der Waals surface area contributed by atoms with E-state index in [-0.39, 0.29) is 28.4 Å². The third-order valence-corrected chi connectivity index (χ3v) is 7.07. The van der Waals surface area contributed by atoms with Crippen molar-refractivity contribution in [2.45, 2.75) is 19.5 Å². The Labute approximate surface area is 186 Å². The van der Waals surface area contributed by atoms with E-state index >= 15 is 0 Å². The van der Waals surface area contributed by atoms with Gasteiger partial charge in [-0.3, -0.25) is 19.0 Å². The van der Waals surface area contributed by atoms with Crippen molar-refractivity contribution in [3.63, 3.8) is 0 Å². The smallest absolute Gasteiger partial charge is 0.302 e. The van der Waals surface area contributed by atoms with Crippen LogP contribution >= 0.6 is 22.7 Å². The molecule has 0 aliphatic rings. The SMILES string of the molecule is Cc1sc2c(c1CC(=O)Nc1nc(-c3ccc(C(F)(F)F)c(F)c3)cs1)c(=O)n(C)n2C. The Morgan fingerprint density at radius 3 is 2.59 bits per heavy atom. The fraction of sp³-hybridized carbons (Fsp3) is 0.250. The van der Waals surface area contributed by atoms with E-state index in [0.717, 1.165) is 33.2 Å². The van der Waals surface area contributed by atoms with Crippen LogP contribution < -0.4 is 10.9 Å². The van der Waals surface area contributed by atoms with Gasteiger partial charge in [-0.2, -0.15) is 13.2 Å². The normalized spacial score (nSPS) is 12.0. The average molecular weight is 485 g/mol. The van der Waals surface area contributed by atoms with Gasteiger partial charge < -0.3 is 5.32 Å². The Hall–Kier alpha value is -2.99. The van der Waals surface area contributed by atoms with E-state index in [1.165, 1.54) is 21.4 Å². The summed E-state index contributed by atoms with van der Waals surface area (Å²) in [4.78, 5) is 30.9. The number of alkyl halides is 3. The lowest BCUT2D eigenvalue weighted by Gasteiger charge is -2.08. The topological polar surface area (TPSA) is 68.9 Å². The lowest BCUT2D eigenvalue weighted by molar-refractivity contribution is -0.140. The molecule has 0 aliphatic carbocycles. The number of rotatable bonds is 4. The molecule has 0 saturated carbocycles. The summed E-state index contributed by atoms with van der Waals surface area (Å²) in [5.74, 6) is -1.78. The Morgan fingerprint density at radius 1 is 1.22 bits per heavy atom. The molecule has 3 heterocycles. The summed E-state index contributed by atoms with van der Waals surface area (Å²) in [5.41, 5.74) is -0.491. The predicted octanol–water partition coefficient (Wildman–Crippen LogP) is 4.71. The zero-order valence-electron chi connectivity index (χ0n) is 17.0. The number of thiazole rings is 1. The van der Waals surface area contributed by atoms with E-state index in [4.69, 9.17) is 0 Å². The summed E-state index contributed by atoms with van der Waals surface area (Å²) in [5, 5.41) is 4.87. The van der Waals surface area contributed by atoms with Gasteiger partial charge in [-0.05, 0) is 24.6 Å². The fourth-order valence-corrected chi connectivity index (χ4v) is 5.24. The van der Waals surface area contributed by atoms with Gasteiger partial charge in [0.1, 0.15) is 10.6 Å². The molecule has 0 fully saturated rings. The second-order valence-corrected chi connectivity index (χ2v) is 9.19. The van der Waals surface area contributed by atoms with Crippen LogP contribution in [0.5, 0.6) is 0 Å². The molecular formula is C20H16F4N4O2S2. The zero-order chi connectivity index (χ0) is 23.4. The van der Waals surface area contributed by atoms with E-state index in [9.17, 15) is 27.2 Å². The van der Waals surface area contributed by atoms with Crippen molar-refractivity contribution in [1.82, 2.24) is 14.3 Å². The van der Waals surface area contributed by atoms with Gasteiger partial charge >= 0.3 is 6.18 Å². The van der Waals surface area contributed by atoms with Crippen LogP contribution in [0.15, 0.2) is 28.4 Å². The number of aromatic nitrogens is 3. The summed E-state index contributed by atoms with van der Waals surface area (Å²) < 4.78 is 55.3. The van der Waals surface area contributed by atoms with Gasteiger partial charge in [-0.1, -0.05) is 6.07 Å². The third kappa shape index (κ3) is 3.84. The minimum atomic E-state index is -4.78. The predicted molar refractivity (Wildman–Crippen MR) is 116 cm³/mol. The highest BCUT2D eigenvalue weighted by atomic mass is 32.1. The number of nitrogens with one attached hydrogen (secondary N) is 1. The number of thiophene rings is 1. The molecule has 0 atom stereocenters. The first-order valence-corrected chi connectivity index (χ1v) is 10.9. The highest BCUT2D eigenvalue weighted by Gasteiger charge is 2.34. The third-order valence-electron chi connectivity index (χ3n) is 5.10. The summed E-state index contributed by atoms with van der Waals surface area (Å²) in [6.07, 6.45) is -4.82. The number of hydrogen-bond donors (Lipinski definition) is 1. The summed E-state index contributed by atoms with van der Waals surface area (Å²) in [7, 11) is 3.42. The van der Waals surface area contributed by atoms with Gasteiger partial charge in [0.25, 0.3) is 5.56 Å². The number of hydrogen-bond acceptors (Lipinski definition) is 5. The highest BCUT2D eigenvalue weighted by Crippen LogP contribution is 2.34. The molecular weight excluding hydrogens is 468 g/mol.